The molecule has 1 saturated heterocycles. The van der Waals surface area contributed by atoms with Crippen LogP contribution in [0.1, 0.15) is 65.7 Å². The number of ketones is 1. The van der Waals surface area contributed by atoms with Crippen LogP contribution < -0.4 is 0 Å². The second-order valence-corrected chi connectivity index (χ2v) is 12.1. The van der Waals surface area contributed by atoms with Crippen molar-refractivity contribution in [1.82, 2.24) is 14.4 Å². The molecule has 1 fully saturated rings. The van der Waals surface area contributed by atoms with Crippen molar-refractivity contribution in [3.63, 3.8) is 0 Å². The number of piperidine rings is 1. The summed E-state index contributed by atoms with van der Waals surface area (Å²) < 4.78 is 27.3. The van der Waals surface area contributed by atoms with Gasteiger partial charge in [-0.25, -0.2) is 8.42 Å². The molecule has 1 aromatic heterocycles. The summed E-state index contributed by atoms with van der Waals surface area (Å²) in [5.41, 5.74) is 2.85. The first-order valence-corrected chi connectivity index (χ1v) is 13.1. The van der Waals surface area contributed by atoms with Crippen LogP contribution in [0.2, 0.25) is 0 Å². The summed E-state index contributed by atoms with van der Waals surface area (Å²) >= 11 is 0. The average molecular weight is 472 g/mol. The van der Waals surface area contributed by atoms with Gasteiger partial charge in [-0.3, -0.25) is 14.5 Å². The SMILES string of the molecule is CC(=O)c1ccc2n1CCN(C)C21CCN(C(=O)c2ccc(S(=O)(=O)C(C)C)c(C)c2)CC1. The van der Waals surface area contributed by atoms with Gasteiger partial charge in [-0.05, 0) is 76.6 Å². The third-order valence-electron chi connectivity index (χ3n) is 7.43. The molecule has 1 aromatic carbocycles. The first-order valence-electron chi connectivity index (χ1n) is 11.5. The fraction of sp³-hybridized carbons (Fsp3) is 0.520. The molecule has 0 unspecified atom stereocenters. The molecule has 2 aliphatic rings. The molecule has 7 nitrogen and oxygen atoms in total. The molecule has 0 atom stereocenters. The van der Waals surface area contributed by atoms with Crippen molar-refractivity contribution in [3.8, 4) is 0 Å². The number of benzene rings is 1. The highest BCUT2D eigenvalue weighted by Crippen LogP contribution is 2.41. The van der Waals surface area contributed by atoms with Crippen molar-refractivity contribution in [1.29, 1.82) is 0 Å². The van der Waals surface area contributed by atoms with Crippen LogP contribution in [-0.2, 0) is 21.9 Å². The predicted octanol–water partition coefficient (Wildman–Crippen LogP) is 3.26. The van der Waals surface area contributed by atoms with Crippen LogP contribution in [0.5, 0.6) is 0 Å². The zero-order chi connectivity index (χ0) is 24.1. The molecule has 0 saturated carbocycles. The lowest BCUT2D eigenvalue weighted by atomic mass is 9.81. The summed E-state index contributed by atoms with van der Waals surface area (Å²) in [7, 11) is -1.27. The Morgan fingerprint density at radius 1 is 1.00 bits per heavy atom. The Morgan fingerprint density at radius 3 is 2.24 bits per heavy atom. The number of aryl methyl sites for hydroxylation is 1. The van der Waals surface area contributed by atoms with Crippen LogP contribution in [0.25, 0.3) is 0 Å². The van der Waals surface area contributed by atoms with Crippen molar-refractivity contribution in [2.45, 2.75) is 62.8 Å². The first-order chi connectivity index (χ1) is 15.5. The van der Waals surface area contributed by atoms with Crippen molar-refractivity contribution in [3.05, 3.63) is 52.8 Å². The van der Waals surface area contributed by atoms with Crippen LogP contribution in [0.15, 0.2) is 35.2 Å². The van der Waals surface area contributed by atoms with Crippen molar-refractivity contribution in [2.75, 3.05) is 26.7 Å². The van der Waals surface area contributed by atoms with E-state index >= 15 is 0 Å². The molecular formula is C25H33N3O4S. The Kier molecular flexibility index (Phi) is 6.03. The van der Waals surface area contributed by atoms with E-state index < -0.39 is 15.1 Å². The third-order valence-corrected chi connectivity index (χ3v) is 9.75. The summed E-state index contributed by atoms with van der Waals surface area (Å²) in [4.78, 5) is 29.8. The standard InChI is InChI=1S/C25H33N3O4S/c1-17(2)33(31,32)22-8-6-20(16-18(22)3)24(30)27-12-10-25(11-13-27)23-9-7-21(19(4)29)28(23)15-14-26(25)5/h6-9,16-17H,10-15H2,1-5H3. The fourth-order valence-corrected chi connectivity index (χ4v) is 6.61. The van der Waals surface area contributed by atoms with E-state index in [1.54, 1.807) is 45.9 Å². The number of carbonyl (C=O) groups is 2. The van der Waals surface area contributed by atoms with Gasteiger partial charge in [-0.1, -0.05) is 0 Å². The number of likely N-dealkylation sites (tertiary alicyclic amines) is 1. The molecule has 2 aromatic rings. The Balaban J connectivity index is 1.55. The van der Waals surface area contributed by atoms with E-state index in [9.17, 15) is 18.0 Å². The number of carbonyl (C=O) groups excluding carboxylic acids is 2. The molecule has 1 amide bonds. The number of rotatable bonds is 4. The first kappa shape index (κ1) is 23.7. The number of aromatic nitrogens is 1. The third kappa shape index (κ3) is 3.83. The molecule has 0 radical (unpaired) electrons. The van der Waals surface area contributed by atoms with Gasteiger partial charge in [-0.15, -0.1) is 0 Å². The number of likely N-dealkylation sites (N-methyl/N-ethyl adjacent to an activating group) is 1. The number of hydrogen-bond acceptors (Lipinski definition) is 5. The number of amides is 1. The molecule has 4 rings (SSSR count). The van der Waals surface area contributed by atoms with Gasteiger partial charge >= 0.3 is 0 Å². The van der Waals surface area contributed by atoms with Gasteiger partial charge in [0.2, 0.25) is 0 Å². The van der Waals surface area contributed by atoms with E-state index in [1.165, 1.54) is 0 Å². The van der Waals surface area contributed by atoms with Crippen LogP contribution >= 0.6 is 0 Å². The van der Waals surface area contributed by atoms with Crippen molar-refractivity contribution in [2.24, 2.45) is 0 Å². The molecule has 0 N–H and O–H groups in total. The highest BCUT2D eigenvalue weighted by Gasteiger charge is 2.45. The van der Waals surface area contributed by atoms with Crippen molar-refractivity contribution >= 4 is 21.5 Å². The van der Waals surface area contributed by atoms with Gasteiger partial charge in [0.15, 0.2) is 15.6 Å². The topological polar surface area (TPSA) is 79.7 Å². The molecule has 8 heteroatoms. The van der Waals surface area contributed by atoms with Crippen LogP contribution in [-0.4, -0.2) is 66.4 Å². The zero-order valence-corrected chi connectivity index (χ0v) is 20.9. The van der Waals surface area contributed by atoms with E-state index in [0.717, 1.165) is 37.3 Å². The number of hydrogen-bond donors (Lipinski definition) is 0. The normalized spacial score (nSPS) is 18.5. The van der Waals surface area contributed by atoms with Gasteiger partial charge in [0.25, 0.3) is 5.91 Å². The van der Waals surface area contributed by atoms with E-state index in [0.29, 0.717) is 24.2 Å². The molecule has 178 valence electrons. The Labute approximate surface area is 196 Å². The zero-order valence-electron chi connectivity index (χ0n) is 20.1. The van der Waals surface area contributed by atoms with Gasteiger partial charge in [0.05, 0.1) is 21.4 Å². The van der Waals surface area contributed by atoms with E-state index in [-0.39, 0.29) is 22.1 Å². The van der Waals surface area contributed by atoms with Gasteiger partial charge in [0.1, 0.15) is 0 Å². The van der Waals surface area contributed by atoms with E-state index in [1.807, 2.05) is 11.0 Å². The molecule has 2 aliphatic heterocycles. The second-order valence-electron chi connectivity index (χ2n) is 9.63. The molecule has 0 aliphatic carbocycles. The predicted molar refractivity (Wildman–Crippen MR) is 127 cm³/mol. The summed E-state index contributed by atoms with van der Waals surface area (Å²) in [5.74, 6) is 0.00609. The molecule has 0 bridgehead atoms. The fourth-order valence-electron chi connectivity index (χ4n) is 5.34. The number of nitrogens with zero attached hydrogens (tertiary/aromatic N) is 3. The Hall–Kier alpha value is -2.45. The molecule has 33 heavy (non-hydrogen) atoms. The molecule has 1 spiro atoms. The monoisotopic (exact) mass is 471 g/mol. The Bertz CT molecular complexity index is 1200. The second kappa shape index (κ2) is 8.40. The lowest BCUT2D eigenvalue weighted by Gasteiger charge is -2.50. The summed E-state index contributed by atoms with van der Waals surface area (Å²) in [6.07, 6.45) is 1.57. The van der Waals surface area contributed by atoms with Crippen LogP contribution in [0, 0.1) is 6.92 Å². The highest BCUT2D eigenvalue weighted by molar-refractivity contribution is 7.92. The Morgan fingerprint density at radius 2 is 1.67 bits per heavy atom. The summed E-state index contributed by atoms with van der Waals surface area (Å²) in [6.45, 7) is 9.54. The minimum Gasteiger partial charge on any atom is -0.339 e. The highest BCUT2D eigenvalue weighted by atomic mass is 32.2. The summed E-state index contributed by atoms with van der Waals surface area (Å²) in [5, 5.41) is -0.508. The van der Waals surface area contributed by atoms with Gasteiger partial charge in [-0.2, -0.15) is 0 Å². The number of Topliss-reactive ketones (excluding diaryl/α,β-unsaturated/α-hetero) is 1. The largest absolute Gasteiger partial charge is 0.339 e. The lowest BCUT2D eigenvalue weighted by Crippen LogP contribution is -2.56. The minimum absolute atomic E-state index is 0.0697. The van der Waals surface area contributed by atoms with Gasteiger partial charge < -0.3 is 9.47 Å². The van der Waals surface area contributed by atoms with Crippen molar-refractivity contribution < 1.29 is 18.0 Å². The number of fused-ring (bicyclic) bond motifs is 2. The maximum atomic E-state index is 13.3. The quantitative estimate of drug-likeness (QED) is 0.640. The summed E-state index contributed by atoms with van der Waals surface area (Å²) in [6, 6.07) is 8.88. The van der Waals surface area contributed by atoms with Crippen LogP contribution in [0.3, 0.4) is 0 Å². The average Bonchev–Trinajstić information content (AvgIpc) is 3.21. The van der Waals surface area contributed by atoms with E-state index in [2.05, 4.69) is 22.6 Å². The maximum absolute atomic E-state index is 13.3. The minimum atomic E-state index is -3.39. The molecule has 3 heterocycles. The van der Waals surface area contributed by atoms with E-state index in [4.69, 9.17) is 0 Å². The maximum Gasteiger partial charge on any atom is 0.253 e. The lowest BCUT2D eigenvalue weighted by molar-refractivity contribution is 0.0128. The number of sulfone groups is 1. The van der Waals surface area contributed by atoms with Crippen LogP contribution in [0.4, 0.5) is 0 Å². The van der Waals surface area contributed by atoms with Gasteiger partial charge in [0, 0.05) is 44.4 Å². The molecular weight excluding hydrogens is 438 g/mol. The smallest absolute Gasteiger partial charge is 0.253 e.